The summed E-state index contributed by atoms with van der Waals surface area (Å²) in [5.74, 6) is 0.604. The number of hydrogen-bond donors (Lipinski definition) is 0. The second-order valence-electron chi connectivity index (χ2n) is 7.35. The average molecular weight is 441 g/mol. The Morgan fingerprint density at radius 2 is 1.87 bits per heavy atom. The molecule has 7 nitrogen and oxygen atoms in total. The molecule has 0 unspecified atom stereocenters. The van der Waals surface area contributed by atoms with Crippen molar-refractivity contribution >= 4 is 33.4 Å². The maximum Gasteiger partial charge on any atom is 0.326 e. The van der Waals surface area contributed by atoms with E-state index in [-0.39, 0.29) is 31.4 Å². The number of ether oxygens (including phenoxy) is 3. The molecule has 0 aliphatic carbocycles. The predicted molar refractivity (Wildman–Crippen MR) is 118 cm³/mol. The Morgan fingerprint density at radius 1 is 1.13 bits per heavy atom. The van der Waals surface area contributed by atoms with Crippen molar-refractivity contribution in [2.75, 3.05) is 19.8 Å². The molecule has 1 amide bonds. The van der Waals surface area contributed by atoms with Crippen molar-refractivity contribution in [1.29, 1.82) is 0 Å². The van der Waals surface area contributed by atoms with E-state index in [2.05, 4.69) is 4.99 Å². The molecule has 1 aromatic heterocycles. The molecule has 3 aromatic rings. The van der Waals surface area contributed by atoms with Gasteiger partial charge in [-0.15, -0.1) is 0 Å². The van der Waals surface area contributed by atoms with E-state index in [1.807, 2.05) is 44.2 Å². The van der Waals surface area contributed by atoms with Crippen LogP contribution in [0.3, 0.4) is 0 Å². The fraction of sp³-hybridized carbons (Fsp3) is 0.348. The molecule has 1 aliphatic rings. The minimum absolute atomic E-state index is 0.0385. The van der Waals surface area contributed by atoms with Crippen LogP contribution < -0.4 is 14.3 Å². The molecule has 0 N–H and O–H groups in total. The first-order valence-electron chi connectivity index (χ1n) is 10.2. The van der Waals surface area contributed by atoms with Crippen LogP contribution in [0, 0.1) is 13.8 Å². The third kappa shape index (κ3) is 4.64. The molecule has 0 spiro atoms. The first kappa shape index (κ1) is 21.1. The van der Waals surface area contributed by atoms with Crippen LogP contribution in [0.2, 0.25) is 0 Å². The summed E-state index contributed by atoms with van der Waals surface area (Å²) in [6.45, 7) is 6.96. The molecule has 31 heavy (non-hydrogen) atoms. The number of fused-ring (bicyclic) bond motifs is 2. The van der Waals surface area contributed by atoms with Crippen molar-refractivity contribution in [2.24, 2.45) is 4.99 Å². The largest absolute Gasteiger partial charge is 0.486 e. The summed E-state index contributed by atoms with van der Waals surface area (Å²) >= 11 is 1.33. The van der Waals surface area contributed by atoms with Gasteiger partial charge in [0.2, 0.25) is 0 Å². The van der Waals surface area contributed by atoms with E-state index in [1.165, 1.54) is 11.3 Å². The monoisotopic (exact) mass is 440 g/mol. The summed E-state index contributed by atoms with van der Waals surface area (Å²) < 4.78 is 19.0. The third-order valence-corrected chi connectivity index (χ3v) is 6.04. The van der Waals surface area contributed by atoms with Gasteiger partial charge >= 0.3 is 5.97 Å². The lowest BCUT2D eigenvalue weighted by Crippen LogP contribution is -2.23. The number of aryl methyl sites for hydroxylation is 2. The number of esters is 1. The summed E-state index contributed by atoms with van der Waals surface area (Å²) in [7, 11) is 0. The topological polar surface area (TPSA) is 79.1 Å². The first-order chi connectivity index (χ1) is 14.9. The average Bonchev–Trinajstić information content (AvgIpc) is 3.04. The highest BCUT2D eigenvalue weighted by Gasteiger charge is 2.18. The SMILES string of the molecule is CCOC(=O)Cn1c(=NC(=O)Cc2ccc(C)cc2C)sc2cc3c(cc21)OCCO3. The Bertz CT molecular complexity index is 1220. The lowest BCUT2D eigenvalue weighted by Gasteiger charge is -2.18. The molecule has 0 bridgehead atoms. The molecule has 4 rings (SSSR count). The number of aromatic nitrogens is 1. The van der Waals surface area contributed by atoms with Crippen LogP contribution in [0.25, 0.3) is 10.2 Å². The Morgan fingerprint density at radius 3 is 2.58 bits per heavy atom. The number of nitrogens with zero attached hydrogens (tertiary/aromatic N) is 2. The van der Waals surface area contributed by atoms with Crippen LogP contribution in [0.1, 0.15) is 23.6 Å². The Balaban J connectivity index is 1.75. The van der Waals surface area contributed by atoms with Crippen molar-refractivity contribution in [1.82, 2.24) is 4.57 Å². The normalized spacial score (nSPS) is 13.5. The molecule has 0 saturated carbocycles. The number of thiazole rings is 1. The van der Waals surface area contributed by atoms with Gasteiger partial charge in [0.15, 0.2) is 16.3 Å². The maximum atomic E-state index is 12.8. The van der Waals surface area contributed by atoms with Gasteiger partial charge in [0, 0.05) is 12.1 Å². The van der Waals surface area contributed by atoms with Gasteiger partial charge in [0.25, 0.3) is 5.91 Å². The lowest BCUT2D eigenvalue weighted by atomic mass is 10.0. The molecule has 8 heteroatoms. The summed E-state index contributed by atoms with van der Waals surface area (Å²) in [6.07, 6.45) is 0.197. The Kier molecular flexibility index (Phi) is 6.08. The second-order valence-corrected chi connectivity index (χ2v) is 8.36. The van der Waals surface area contributed by atoms with Crippen molar-refractivity contribution in [3.8, 4) is 11.5 Å². The molecule has 2 heterocycles. The van der Waals surface area contributed by atoms with Crippen LogP contribution in [0.4, 0.5) is 0 Å². The minimum atomic E-state index is -0.389. The van der Waals surface area contributed by atoms with Gasteiger partial charge in [-0.05, 0) is 31.9 Å². The Labute approximate surface area is 183 Å². The van der Waals surface area contributed by atoms with Gasteiger partial charge in [0.05, 0.1) is 23.2 Å². The summed E-state index contributed by atoms with van der Waals surface area (Å²) in [5.41, 5.74) is 3.90. The van der Waals surface area contributed by atoms with E-state index < -0.39 is 0 Å². The van der Waals surface area contributed by atoms with E-state index in [9.17, 15) is 9.59 Å². The molecule has 0 radical (unpaired) electrons. The first-order valence-corrected chi connectivity index (χ1v) is 11.0. The third-order valence-electron chi connectivity index (χ3n) is 5.00. The Hall–Kier alpha value is -3.13. The molecule has 0 fully saturated rings. The summed E-state index contributed by atoms with van der Waals surface area (Å²) in [5, 5.41) is 0. The number of benzene rings is 2. The van der Waals surface area contributed by atoms with E-state index in [0.717, 1.165) is 26.9 Å². The standard InChI is InChI=1S/C23H24N2O5S/c1-4-28-22(27)13-25-17-11-18-19(30-8-7-29-18)12-20(17)31-23(25)24-21(26)10-16-6-5-14(2)9-15(16)3/h5-6,9,11-12H,4,7-8,10,13H2,1-3H3. The number of rotatable bonds is 5. The van der Waals surface area contributed by atoms with Gasteiger partial charge in [-0.25, -0.2) is 0 Å². The van der Waals surface area contributed by atoms with Gasteiger partial charge < -0.3 is 18.8 Å². The van der Waals surface area contributed by atoms with E-state index in [4.69, 9.17) is 14.2 Å². The number of carbonyl (C=O) groups excluding carboxylic acids is 2. The molecule has 0 saturated heterocycles. The summed E-state index contributed by atoms with van der Waals surface area (Å²) in [6, 6.07) is 9.68. The quantitative estimate of drug-likeness (QED) is 0.569. The number of hydrogen-bond acceptors (Lipinski definition) is 6. The van der Waals surface area contributed by atoms with Gasteiger partial charge in [-0.3, -0.25) is 9.59 Å². The highest BCUT2D eigenvalue weighted by Crippen LogP contribution is 2.35. The van der Waals surface area contributed by atoms with E-state index in [0.29, 0.717) is 29.5 Å². The van der Waals surface area contributed by atoms with Crippen LogP contribution >= 0.6 is 11.3 Å². The van der Waals surface area contributed by atoms with Crippen LogP contribution in [0.15, 0.2) is 35.3 Å². The number of carbonyl (C=O) groups is 2. The van der Waals surface area contributed by atoms with Gasteiger partial charge in [0.1, 0.15) is 19.8 Å². The molecular weight excluding hydrogens is 416 g/mol. The minimum Gasteiger partial charge on any atom is -0.486 e. The molecule has 2 aromatic carbocycles. The number of amides is 1. The zero-order valence-electron chi connectivity index (χ0n) is 17.8. The molecule has 1 aliphatic heterocycles. The smallest absolute Gasteiger partial charge is 0.326 e. The molecule has 162 valence electrons. The van der Waals surface area contributed by atoms with Gasteiger partial charge in [-0.2, -0.15) is 4.99 Å². The van der Waals surface area contributed by atoms with Crippen molar-refractivity contribution in [3.05, 3.63) is 51.8 Å². The maximum absolute atomic E-state index is 12.8. The zero-order valence-corrected chi connectivity index (χ0v) is 18.6. The lowest BCUT2D eigenvalue weighted by molar-refractivity contribution is -0.143. The van der Waals surface area contributed by atoms with Crippen molar-refractivity contribution in [2.45, 2.75) is 33.7 Å². The highest BCUT2D eigenvalue weighted by molar-refractivity contribution is 7.16. The predicted octanol–water partition coefficient (Wildman–Crippen LogP) is 3.32. The van der Waals surface area contributed by atoms with Crippen molar-refractivity contribution < 1.29 is 23.8 Å². The van der Waals surface area contributed by atoms with E-state index >= 15 is 0 Å². The van der Waals surface area contributed by atoms with Gasteiger partial charge in [-0.1, -0.05) is 35.1 Å². The molecular formula is C23H24N2O5S. The second kappa shape index (κ2) is 8.93. The van der Waals surface area contributed by atoms with Crippen LogP contribution in [-0.4, -0.2) is 36.3 Å². The summed E-state index contributed by atoms with van der Waals surface area (Å²) in [4.78, 5) is 29.8. The van der Waals surface area contributed by atoms with E-state index in [1.54, 1.807) is 11.5 Å². The molecule has 0 atom stereocenters. The van der Waals surface area contributed by atoms with Crippen LogP contribution in [-0.2, 0) is 27.3 Å². The van der Waals surface area contributed by atoms with Crippen LogP contribution in [0.5, 0.6) is 11.5 Å². The highest BCUT2D eigenvalue weighted by atomic mass is 32.1. The van der Waals surface area contributed by atoms with Crippen molar-refractivity contribution in [3.63, 3.8) is 0 Å². The zero-order chi connectivity index (χ0) is 22.0. The fourth-order valence-corrected chi connectivity index (χ4v) is 4.59. The fourth-order valence-electron chi connectivity index (χ4n) is 3.53.